The summed E-state index contributed by atoms with van der Waals surface area (Å²) < 4.78 is 38.3. The number of carbonyl (C=O) groups is 2. The maximum absolute atomic E-state index is 12.2. The number of hydrogen-bond donors (Lipinski definition) is 1. The lowest BCUT2D eigenvalue weighted by atomic mass is 10.2. The Morgan fingerprint density at radius 1 is 1.08 bits per heavy atom. The molecule has 0 unspecified atom stereocenters. The lowest BCUT2D eigenvalue weighted by Gasteiger charge is -2.09. The van der Waals surface area contributed by atoms with Gasteiger partial charge in [0.05, 0.1) is 7.11 Å². The molecule has 0 aliphatic heterocycles. The van der Waals surface area contributed by atoms with E-state index in [2.05, 4.69) is 14.8 Å². The minimum Gasteiger partial charge on any atom is -0.482 e. The molecule has 0 aliphatic carbocycles. The molecule has 0 aliphatic rings. The van der Waals surface area contributed by atoms with Crippen molar-refractivity contribution in [1.29, 1.82) is 0 Å². The Kier molecular flexibility index (Phi) is 6.27. The molecule has 0 fully saturated rings. The minimum absolute atomic E-state index is 0.103. The van der Waals surface area contributed by atoms with Gasteiger partial charge in [0.25, 0.3) is 5.91 Å². The summed E-state index contributed by atoms with van der Waals surface area (Å²) in [4.78, 5) is 23.1. The first-order valence-electron chi connectivity index (χ1n) is 7.14. The third-order valence-electron chi connectivity index (χ3n) is 3.02. The molecule has 2 aromatic carbocycles. The molecule has 2 rings (SSSR count). The Hall–Kier alpha value is -3.16. The number of methoxy groups -OCH3 is 1. The number of anilines is 1. The van der Waals surface area contributed by atoms with Crippen molar-refractivity contribution in [1.82, 2.24) is 0 Å². The smallest absolute Gasteiger partial charge is 0.387 e. The number of halogens is 2. The van der Waals surface area contributed by atoms with E-state index in [0.29, 0.717) is 11.4 Å². The maximum atomic E-state index is 12.2. The molecule has 6 nitrogen and oxygen atoms in total. The van der Waals surface area contributed by atoms with E-state index in [1.165, 1.54) is 31.4 Å². The highest BCUT2D eigenvalue weighted by atomic mass is 19.3. The minimum atomic E-state index is -2.96. The van der Waals surface area contributed by atoms with Crippen molar-refractivity contribution in [3.8, 4) is 11.5 Å². The molecule has 0 radical (unpaired) electrons. The van der Waals surface area contributed by atoms with Crippen molar-refractivity contribution >= 4 is 17.6 Å². The Morgan fingerprint density at radius 2 is 1.80 bits per heavy atom. The van der Waals surface area contributed by atoms with Crippen LogP contribution < -0.4 is 14.8 Å². The zero-order chi connectivity index (χ0) is 18.2. The third kappa shape index (κ3) is 5.76. The van der Waals surface area contributed by atoms with E-state index < -0.39 is 18.5 Å². The van der Waals surface area contributed by atoms with Gasteiger partial charge >= 0.3 is 12.6 Å². The summed E-state index contributed by atoms with van der Waals surface area (Å²) in [6.07, 6.45) is 0. The first kappa shape index (κ1) is 18.2. The second-order valence-corrected chi connectivity index (χ2v) is 4.75. The Labute approximate surface area is 142 Å². The lowest BCUT2D eigenvalue weighted by Crippen LogP contribution is -2.13. The number of esters is 1. The van der Waals surface area contributed by atoms with Crippen LogP contribution in [0.4, 0.5) is 14.5 Å². The third-order valence-corrected chi connectivity index (χ3v) is 3.02. The van der Waals surface area contributed by atoms with Gasteiger partial charge in [-0.1, -0.05) is 6.07 Å². The monoisotopic (exact) mass is 351 g/mol. The fraction of sp³-hybridized carbons (Fsp3) is 0.176. The van der Waals surface area contributed by atoms with Gasteiger partial charge in [-0.25, -0.2) is 4.79 Å². The van der Waals surface area contributed by atoms with E-state index >= 15 is 0 Å². The molecule has 1 N–H and O–H groups in total. The van der Waals surface area contributed by atoms with E-state index in [4.69, 9.17) is 4.74 Å². The number of hydrogen-bond acceptors (Lipinski definition) is 5. The zero-order valence-corrected chi connectivity index (χ0v) is 13.2. The van der Waals surface area contributed by atoms with Gasteiger partial charge in [-0.2, -0.15) is 8.78 Å². The number of rotatable bonds is 7. The quantitative estimate of drug-likeness (QED) is 0.776. The molecule has 0 spiro atoms. The molecule has 0 aromatic heterocycles. The van der Waals surface area contributed by atoms with Crippen molar-refractivity contribution in [3.05, 3.63) is 54.1 Å². The van der Waals surface area contributed by atoms with Gasteiger partial charge in [-0.3, -0.25) is 4.79 Å². The Morgan fingerprint density at radius 3 is 2.44 bits per heavy atom. The van der Waals surface area contributed by atoms with Gasteiger partial charge in [0.1, 0.15) is 11.5 Å². The summed E-state index contributed by atoms with van der Waals surface area (Å²) in [7, 11) is 1.26. The van der Waals surface area contributed by atoms with Crippen molar-refractivity contribution in [2.45, 2.75) is 6.61 Å². The van der Waals surface area contributed by atoms with Crippen LogP contribution >= 0.6 is 0 Å². The van der Waals surface area contributed by atoms with Gasteiger partial charge in [-0.05, 0) is 42.5 Å². The SMILES string of the molecule is COC(=O)COc1ccc(NC(=O)c2cccc(OC(F)F)c2)cc1. The summed E-state index contributed by atoms with van der Waals surface area (Å²) in [5.74, 6) is -0.670. The maximum Gasteiger partial charge on any atom is 0.387 e. The first-order valence-corrected chi connectivity index (χ1v) is 7.14. The van der Waals surface area contributed by atoms with E-state index in [1.54, 1.807) is 24.3 Å². The molecule has 0 heterocycles. The second kappa shape index (κ2) is 8.62. The molecule has 0 saturated heterocycles. The van der Waals surface area contributed by atoms with E-state index in [1.807, 2.05) is 0 Å². The van der Waals surface area contributed by atoms with Crippen LogP contribution in [0.15, 0.2) is 48.5 Å². The topological polar surface area (TPSA) is 73.9 Å². The molecule has 132 valence electrons. The predicted molar refractivity (Wildman–Crippen MR) is 85.0 cm³/mol. The molecule has 0 atom stereocenters. The first-order chi connectivity index (χ1) is 12.0. The van der Waals surface area contributed by atoms with Crippen LogP contribution in [0.2, 0.25) is 0 Å². The van der Waals surface area contributed by atoms with Crippen molar-refractivity contribution in [2.24, 2.45) is 0 Å². The van der Waals surface area contributed by atoms with Crippen LogP contribution in [0.5, 0.6) is 11.5 Å². The summed E-state index contributed by atoms with van der Waals surface area (Å²) in [5.41, 5.74) is 0.639. The predicted octanol–water partition coefficient (Wildman–Crippen LogP) is 3.09. The van der Waals surface area contributed by atoms with Crippen LogP contribution in [-0.2, 0) is 9.53 Å². The Bertz CT molecular complexity index is 734. The number of alkyl halides is 2. The van der Waals surface area contributed by atoms with Crippen LogP contribution in [0.1, 0.15) is 10.4 Å². The number of benzene rings is 2. The summed E-state index contributed by atoms with van der Waals surface area (Å²) in [6, 6.07) is 11.7. The van der Waals surface area contributed by atoms with Crippen LogP contribution in [-0.4, -0.2) is 32.2 Å². The van der Waals surface area contributed by atoms with Gasteiger partial charge < -0.3 is 19.5 Å². The molecule has 25 heavy (non-hydrogen) atoms. The molecule has 0 bridgehead atoms. The molecular weight excluding hydrogens is 336 g/mol. The highest BCUT2D eigenvalue weighted by Crippen LogP contribution is 2.19. The molecule has 0 saturated carbocycles. The zero-order valence-electron chi connectivity index (χ0n) is 13.2. The molecule has 2 aromatic rings. The van der Waals surface area contributed by atoms with Crippen molar-refractivity contribution in [3.63, 3.8) is 0 Å². The fourth-order valence-corrected chi connectivity index (χ4v) is 1.85. The average molecular weight is 351 g/mol. The number of carbonyl (C=O) groups excluding carboxylic acids is 2. The van der Waals surface area contributed by atoms with Gasteiger partial charge in [0, 0.05) is 11.3 Å². The highest BCUT2D eigenvalue weighted by Gasteiger charge is 2.10. The molecule has 8 heteroatoms. The summed E-state index contributed by atoms with van der Waals surface area (Å²) in [6.45, 7) is -3.19. The summed E-state index contributed by atoms with van der Waals surface area (Å²) >= 11 is 0. The standard InChI is InChI=1S/C17H15F2NO5/c1-23-15(21)10-24-13-7-5-12(6-8-13)20-16(22)11-3-2-4-14(9-11)25-17(18)19/h2-9,17H,10H2,1H3,(H,20,22). The average Bonchev–Trinajstić information content (AvgIpc) is 2.60. The van der Waals surface area contributed by atoms with E-state index in [0.717, 1.165) is 0 Å². The molecule has 1 amide bonds. The number of nitrogens with one attached hydrogen (secondary N) is 1. The Balaban J connectivity index is 1.97. The fourth-order valence-electron chi connectivity index (χ4n) is 1.85. The summed E-state index contributed by atoms with van der Waals surface area (Å²) in [5, 5.41) is 2.61. The number of ether oxygens (including phenoxy) is 3. The van der Waals surface area contributed by atoms with Crippen molar-refractivity contribution < 1.29 is 32.6 Å². The lowest BCUT2D eigenvalue weighted by molar-refractivity contribution is -0.142. The van der Waals surface area contributed by atoms with Gasteiger partial charge in [0.15, 0.2) is 6.61 Å². The largest absolute Gasteiger partial charge is 0.482 e. The highest BCUT2D eigenvalue weighted by molar-refractivity contribution is 6.04. The van der Waals surface area contributed by atoms with E-state index in [9.17, 15) is 18.4 Å². The van der Waals surface area contributed by atoms with Gasteiger partial charge in [-0.15, -0.1) is 0 Å². The van der Waals surface area contributed by atoms with Crippen LogP contribution in [0, 0.1) is 0 Å². The molecular formula is C17H15F2NO5. The normalized spacial score (nSPS) is 10.2. The van der Waals surface area contributed by atoms with E-state index in [-0.39, 0.29) is 17.9 Å². The second-order valence-electron chi connectivity index (χ2n) is 4.75. The van der Waals surface area contributed by atoms with Crippen LogP contribution in [0.25, 0.3) is 0 Å². The van der Waals surface area contributed by atoms with Crippen LogP contribution in [0.3, 0.4) is 0 Å². The van der Waals surface area contributed by atoms with Crippen molar-refractivity contribution in [2.75, 3.05) is 19.0 Å². The van der Waals surface area contributed by atoms with Gasteiger partial charge in [0.2, 0.25) is 0 Å². The number of amides is 1.